The number of amides is 2. The first-order valence-corrected chi connectivity index (χ1v) is 9.13. The molecule has 0 fully saturated rings. The van der Waals surface area contributed by atoms with E-state index in [1.807, 2.05) is 24.3 Å². The summed E-state index contributed by atoms with van der Waals surface area (Å²) in [6.07, 6.45) is 0.759. The molecular formula is C20H20ClFN2O3. The number of carbonyl (C=O) groups is 2. The van der Waals surface area contributed by atoms with Crippen LogP contribution in [-0.4, -0.2) is 30.1 Å². The summed E-state index contributed by atoms with van der Waals surface area (Å²) >= 11 is 5.78. The molecule has 1 heterocycles. The number of carbonyl (C=O) groups excluding carboxylic acids is 2. The third-order valence-electron chi connectivity index (χ3n) is 4.51. The molecule has 1 N–H and O–H groups in total. The van der Waals surface area contributed by atoms with Crippen molar-refractivity contribution in [2.75, 3.05) is 18.5 Å². The van der Waals surface area contributed by atoms with Crippen LogP contribution in [0.5, 0.6) is 0 Å². The summed E-state index contributed by atoms with van der Waals surface area (Å²) in [5.41, 5.74) is 2.44. The van der Waals surface area contributed by atoms with Gasteiger partial charge in [0.1, 0.15) is 5.82 Å². The van der Waals surface area contributed by atoms with Crippen molar-refractivity contribution in [1.29, 1.82) is 0 Å². The number of rotatable bonds is 4. The lowest BCUT2D eigenvalue weighted by atomic mass is 9.91. The summed E-state index contributed by atoms with van der Waals surface area (Å²) in [4.78, 5) is 26.5. The second-order valence-corrected chi connectivity index (χ2v) is 6.63. The van der Waals surface area contributed by atoms with Crippen molar-refractivity contribution >= 4 is 29.3 Å². The summed E-state index contributed by atoms with van der Waals surface area (Å²) in [7, 11) is 0. The van der Waals surface area contributed by atoms with Crippen LogP contribution in [0.1, 0.15) is 30.5 Å². The number of benzene rings is 2. The molecule has 2 amide bonds. The Labute approximate surface area is 162 Å². The van der Waals surface area contributed by atoms with E-state index in [1.54, 1.807) is 11.8 Å². The van der Waals surface area contributed by atoms with E-state index in [4.69, 9.17) is 16.3 Å². The van der Waals surface area contributed by atoms with Crippen LogP contribution in [0, 0.1) is 5.82 Å². The summed E-state index contributed by atoms with van der Waals surface area (Å²) in [5, 5.41) is 2.66. The van der Waals surface area contributed by atoms with Gasteiger partial charge in [-0.05, 0) is 42.7 Å². The smallest absolute Gasteiger partial charge is 0.322 e. The number of hydrogen-bond donors (Lipinski definition) is 1. The van der Waals surface area contributed by atoms with E-state index in [-0.39, 0.29) is 30.1 Å². The van der Waals surface area contributed by atoms with E-state index in [1.165, 1.54) is 18.2 Å². The number of halogens is 2. The molecule has 0 saturated carbocycles. The molecule has 3 rings (SSSR count). The van der Waals surface area contributed by atoms with E-state index >= 15 is 0 Å². The second kappa shape index (κ2) is 8.39. The number of ether oxygens (including phenoxy) is 1. The quantitative estimate of drug-likeness (QED) is 0.778. The first-order chi connectivity index (χ1) is 13.0. The summed E-state index contributed by atoms with van der Waals surface area (Å²) < 4.78 is 18.4. The van der Waals surface area contributed by atoms with Gasteiger partial charge in [-0.2, -0.15) is 0 Å². The Hall–Kier alpha value is -2.60. The number of anilines is 1. The van der Waals surface area contributed by atoms with Gasteiger partial charge >= 0.3 is 12.0 Å². The van der Waals surface area contributed by atoms with Gasteiger partial charge < -0.3 is 15.0 Å². The third kappa shape index (κ3) is 4.39. The Bertz CT molecular complexity index is 859. The van der Waals surface area contributed by atoms with Crippen molar-refractivity contribution in [2.45, 2.75) is 25.8 Å². The Morgan fingerprint density at radius 2 is 2.07 bits per heavy atom. The second-order valence-electron chi connectivity index (χ2n) is 6.23. The summed E-state index contributed by atoms with van der Waals surface area (Å²) in [6.45, 7) is 2.49. The highest BCUT2D eigenvalue weighted by atomic mass is 35.5. The molecule has 2 aromatic rings. The maximum Gasteiger partial charge on any atom is 0.322 e. The van der Waals surface area contributed by atoms with Gasteiger partial charge in [-0.1, -0.05) is 35.9 Å². The molecule has 0 unspecified atom stereocenters. The van der Waals surface area contributed by atoms with E-state index in [0.29, 0.717) is 18.7 Å². The number of nitrogens with zero attached hydrogens (tertiary/aromatic N) is 1. The van der Waals surface area contributed by atoms with Crippen molar-refractivity contribution in [2.24, 2.45) is 0 Å². The molecule has 2 aromatic carbocycles. The number of esters is 1. The van der Waals surface area contributed by atoms with Crippen molar-refractivity contribution in [1.82, 2.24) is 4.90 Å². The lowest BCUT2D eigenvalue weighted by Gasteiger charge is -2.37. The fourth-order valence-corrected chi connectivity index (χ4v) is 3.44. The average Bonchev–Trinajstić information content (AvgIpc) is 2.65. The highest BCUT2D eigenvalue weighted by molar-refractivity contribution is 6.31. The van der Waals surface area contributed by atoms with Crippen LogP contribution >= 0.6 is 11.6 Å². The highest BCUT2D eigenvalue weighted by Gasteiger charge is 2.32. The topological polar surface area (TPSA) is 58.6 Å². The molecule has 1 aliphatic heterocycles. The molecule has 1 atom stereocenters. The molecule has 5 nitrogen and oxygen atoms in total. The van der Waals surface area contributed by atoms with Crippen molar-refractivity contribution in [3.05, 3.63) is 64.4 Å². The third-order valence-corrected chi connectivity index (χ3v) is 4.80. The standard InChI is InChI=1S/C20H20ClFN2O3/c1-2-27-19(25)12-18-15-6-4-3-5-13(15)9-10-24(18)20(26)23-14-7-8-17(22)16(21)11-14/h3-8,11,18H,2,9-10,12H2,1H3,(H,23,26)/t18-/m0/s1. The number of fused-ring (bicyclic) bond motifs is 1. The predicted molar refractivity (Wildman–Crippen MR) is 101 cm³/mol. The van der Waals surface area contributed by atoms with Crippen LogP contribution in [0.2, 0.25) is 5.02 Å². The molecule has 27 heavy (non-hydrogen) atoms. The van der Waals surface area contributed by atoms with Crippen molar-refractivity contribution in [3.8, 4) is 0 Å². The molecule has 0 aliphatic carbocycles. The predicted octanol–water partition coefficient (Wildman–Crippen LogP) is 4.56. The van der Waals surface area contributed by atoms with Gasteiger partial charge in [0.2, 0.25) is 0 Å². The van der Waals surface area contributed by atoms with Crippen LogP contribution in [-0.2, 0) is 16.0 Å². The van der Waals surface area contributed by atoms with Gasteiger partial charge in [-0.25, -0.2) is 9.18 Å². The molecule has 0 spiro atoms. The van der Waals surface area contributed by atoms with E-state index in [2.05, 4.69) is 5.32 Å². The zero-order valence-electron chi connectivity index (χ0n) is 14.9. The van der Waals surface area contributed by atoms with Gasteiger partial charge in [0.15, 0.2) is 0 Å². The highest BCUT2D eigenvalue weighted by Crippen LogP contribution is 2.33. The number of hydrogen-bond acceptors (Lipinski definition) is 3. The van der Waals surface area contributed by atoms with E-state index in [9.17, 15) is 14.0 Å². The van der Waals surface area contributed by atoms with Gasteiger partial charge in [0, 0.05) is 12.2 Å². The summed E-state index contributed by atoms with van der Waals surface area (Å²) in [5.74, 6) is -0.913. The van der Waals surface area contributed by atoms with E-state index < -0.39 is 11.9 Å². The van der Waals surface area contributed by atoms with Crippen LogP contribution in [0.3, 0.4) is 0 Å². The number of nitrogens with one attached hydrogen (secondary N) is 1. The Morgan fingerprint density at radius 1 is 1.30 bits per heavy atom. The Balaban J connectivity index is 1.84. The minimum Gasteiger partial charge on any atom is -0.466 e. The lowest BCUT2D eigenvalue weighted by molar-refractivity contribution is -0.144. The van der Waals surface area contributed by atoms with Gasteiger partial charge in [0.05, 0.1) is 24.1 Å². The van der Waals surface area contributed by atoms with Crippen molar-refractivity contribution < 1.29 is 18.7 Å². The SMILES string of the molecule is CCOC(=O)C[C@H]1c2ccccc2CCN1C(=O)Nc1ccc(F)c(Cl)c1. The van der Waals surface area contributed by atoms with Gasteiger partial charge in [-0.15, -0.1) is 0 Å². The Kier molecular flexibility index (Phi) is 5.96. The molecule has 142 valence electrons. The first kappa shape index (κ1) is 19.2. The minimum atomic E-state index is -0.554. The molecule has 0 radical (unpaired) electrons. The fraction of sp³-hybridized carbons (Fsp3) is 0.300. The average molecular weight is 391 g/mol. The molecule has 0 saturated heterocycles. The number of urea groups is 1. The molecule has 7 heteroatoms. The maximum absolute atomic E-state index is 13.3. The van der Waals surface area contributed by atoms with Crippen LogP contribution in [0.25, 0.3) is 0 Å². The lowest BCUT2D eigenvalue weighted by Crippen LogP contribution is -2.43. The van der Waals surface area contributed by atoms with Crippen LogP contribution < -0.4 is 5.32 Å². The van der Waals surface area contributed by atoms with Crippen LogP contribution in [0.15, 0.2) is 42.5 Å². The zero-order chi connectivity index (χ0) is 19.4. The monoisotopic (exact) mass is 390 g/mol. The molecular weight excluding hydrogens is 371 g/mol. The normalized spacial score (nSPS) is 15.8. The van der Waals surface area contributed by atoms with Gasteiger partial charge in [0.25, 0.3) is 0 Å². The zero-order valence-corrected chi connectivity index (χ0v) is 15.6. The van der Waals surface area contributed by atoms with Crippen molar-refractivity contribution in [3.63, 3.8) is 0 Å². The van der Waals surface area contributed by atoms with Crippen LogP contribution in [0.4, 0.5) is 14.9 Å². The largest absolute Gasteiger partial charge is 0.466 e. The molecule has 1 aliphatic rings. The molecule has 0 aromatic heterocycles. The molecule has 0 bridgehead atoms. The fourth-order valence-electron chi connectivity index (χ4n) is 3.26. The summed E-state index contributed by atoms with van der Waals surface area (Å²) in [6, 6.07) is 10.9. The Morgan fingerprint density at radius 3 is 2.81 bits per heavy atom. The minimum absolute atomic E-state index is 0.0696. The van der Waals surface area contributed by atoms with E-state index in [0.717, 1.165) is 11.1 Å². The first-order valence-electron chi connectivity index (χ1n) is 8.75. The van der Waals surface area contributed by atoms with Gasteiger partial charge in [-0.3, -0.25) is 4.79 Å². The maximum atomic E-state index is 13.3.